The highest BCUT2D eigenvalue weighted by Crippen LogP contribution is 2.23. The van der Waals surface area contributed by atoms with Crippen LogP contribution in [0.15, 0.2) is 36.5 Å². The van der Waals surface area contributed by atoms with Crippen molar-refractivity contribution >= 4 is 11.7 Å². The van der Waals surface area contributed by atoms with Gasteiger partial charge in [-0.2, -0.15) is 5.10 Å². The first kappa shape index (κ1) is 13.1. The predicted octanol–water partition coefficient (Wildman–Crippen LogP) is 2.05. The van der Waals surface area contributed by atoms with Crippen LogP contribution in [0, 0.1) is 6.92 Å². The van der Waals surface area contributed by atoms with Gasteiger partial charge in [0.05, 0.1) is 13.3 Å². The molecule has 2 aromatic rings. The molecule has 19 heavy (non-hydrogen) atoms. The Labute approximate surface area is 112 Å². The summed E-state index contributed by atoms with van der Waals surface area (Å²) in [7, 11) is 3.23. The van der Waals surface area contributed by atoms with Crippen molar-refractivity contribution in [3.63, 3.8) is 0 Å². The number of nitrogens with zero attached hydrogens (tertiary/aromatic N) is 2. The molecule has 5 nitrogen and oxygen atoms in total. The lowest BCUT2D eigenvalue weighted by Crippen LogP contribution is -2.22. The fourth-order valence-corrected chi connectivity index (χ4v) is 1.88. The first-order valence-corrected chi connectivity index (χ1v) is 6.01. The average molecular weight is 259 g/mol. The Kier molecular flexibility index (Phi) is 3.85. The molecular weight excluding hydrogens is 242 g/mol. The Balaban J connectivity index is 2.32. The van der Waals surface area contributed by atoms with Crippen LogP contribution in [0.3, 0.4) is 0 Å². The quantitative estimate of drug-likeness (QED) is 0.854. The monoisotopic (exact) mass is 259 g/mol. The lowest BCUT2D eigenvalue weighted by molar-refractivity contribution is -0.141. The maximum atomic E-state index is 12.0. The molecule has 0 radical (unpaired) electrons. The number of aromatic nitrogens is 2. The van der Waals surface area contributed by atoms with Crippen LogP contribution in [0.25, 0.3) is 0 Å². The number of benzene rings is 1. The molecular formula is C14H17N3O2. The highest BCUT2D eigenvalue weighted by atomic mass is 16.5. The van der Waals surface area contributed by atoms with Crippen molar-refractivity contribution in [1.29, 1.82) is 0 Å². The van der Waals surface area contributed by atoms with Gasteiger partial charge in [-0.3, -0.25) is 4.68 Å². The van der Waals surface area contributed by atoms with Crippen LogP contribution in [0.2, 0.25) is 0 Å². The molecule has 1 heterocycles. The number of hydrogen-bond donors (Lipinski definition) is 1. The summed E-state index contributed by atoms with van der Waals surface area (Å²) in [6.45, 7) is 1.92. The Morgan fingerprint density at radius 1 is 1.37 bits per heavy atom. The number of aryl methyl sites for hydroxylation is 1. The number of hydrogen-bond acceptors (Lipinski definition) is 4. The molecule has 0 spiro atoms. The van der Waals surface area contributed by atoms with Crippen LogP contribution < -0.4 is 5.32 Å². The zero-order chi connectivity index (χ0) is 13.8. The van der Waals surface area contributed by atoms with Gasteiger partial charge in [0.2, 0.25) is 0 Å². The highest BCUT2D eigenvalue weighted by Gasteiger charge is 2.25. The second kappa shape index (κ2) is 5.56. The molecule has 0 amide bonds. The van der Waals surface area contributed by atoms with Crippen LogP contribution in [0.5, 0.6) is 0 Å². The number of rotatable bonds is 4. The molecule has 0 aliphatic rings. The van der Waals surface area contributed by atoms with E-state index in [1.165, 1.54) is 7.11 Å². The van der Waals surface area contributed by atoms with Crippen molar-refractivity contribution in [3.8, 4) is 0 Å². The molecule has 0 aliphatic heterocycles. The molecule has 0 saturated carbocycles. The Bertz CT molecular complexity index is 563. The van der Waals surface area contributed by atoms with Gasteiger partial charge < -0.3 is 10.1 Å². The van der Waals surface area contributed by atoms with E-state index in [1.807, 2.05) is 44.3 Å². The lowest BCUT2D eigenvalue weighted by atomic mass is 10.1. The largest absolute Gasteiger partial charge is 0.467 e. The van der Waals surface area contributed by atoms with E-state index in [1.54, 1.807) is 10.9 Å². The van der Waals surface area contributed by atoms with Crippen LogP contribution in [-0.4, -0.2) is 22.9 Å². The van der Waals surface area contributed by atoms with Crippen LogP contribution >= 0.6 is 0 Å². The fraction of sp³-hybridized carbons (Fsp3) is 0.286. The number of para-hydroxylation sites is 1. The van der Waals surface area contributed by atoms with E-state index < -0.39 is 6.04 Å². The van der Waals surface area contributed by atoms with E-state index >= 15 is 0 Å². The zero-order valence-electron chi connectivity index (χ0n) is 11.3. The molecule has 2 rings (SSSR count). The second-order valence-electron chi connectivity index (χ2n) is 4.28. The van der Waals surface area contributed by atoms with Gasteiger partial charge in [0, 0.05) is 24.0 Å². The number of anilines is 1. The van der Waals surface area contributed by atoms with E-state index in [-0.39, 0.29) is 5.97 Å². The number of carbonyl (C=O) groups excluding carboxylic acids is 1. The highest BCUT2D eigenvalue weighted by molar-refractivity contribution is 5.81. The standard InChI is InChI=1S/C14H17N3O2/c1-10-12(9-15-17(10)2)13(14(18)19-3)16-11-7-5-4-6-8-11/h4-9,13,16H,1-3H3. The third kappa shape index (κ3) is 2.76. The van der Waals surface area contributed by atoms with Gasteiger partial charge >= 0.3 is 5.97 Å². The van der Waals surface area contributed by atoms with E-state index in [9.17, 15) is 4.79 Å². The van der Waals surface area contributed by atoms with Gasteiger partial charge in [-0.05, 0) is 19.1 Å². The zero-order valence-corrected chi connectivity index (χ0v) is 11.3. The van der Waals surface area contributed by atoms with E-state index in [0.29, 0.717) is 0 Å². The van der Waals surface area contributed by atoms with Crippen molar-refractivity contribution in [1.82, 2.24) is 9.78 Å². The summed E-state index contributed by atoms with van der Waals surface area (Å²) in [4.78, 5) is 12.0. The topological polar surface area (TPSA) is 56.1 Å². The molecule has 5 heteroatoms. The molecule has 1 unspecified atom stereocenters. The third-order valence-corrected chi connectivity index (χ3v) is 3.11. The first-order valence-electron chi connectivity index (χ1n) is 6.01. The van der Waals surface area contributed by atoms with Gasteiger partial charge in [0.25, 0.3) is 0 Å². The molecule has 0 bridgehead atoms. The predicted molar refractivity (Wildman–Crippen MR) is 72.8 cm³/mol. The van der Waals surface area contributed by atoms with Crippen LogP contribution in [0.4, 0.5) is 5.69 Å². The smallest absolute Gasteiger partial charge is 0.333 e. The van der Waals surface area contributed by atoms with Crippen molar-refractivity contribution < 1.29 is 9.53 Å². The van der Waals surface area contributed by atoms with E-state index in [4.69, 9.17) is 4.74 Å². The summed E-state index contributed by atoms with van der Waals surface area (Å²) in [6.07, 6.45) is 1.69. The van der Waals surface area contributed by atoms with Crippen molar-refractivity contribution in [2.45, 2.75) is 13.0 Å². The lowest BCUT2D eigenvalue weighted by Gasteiger charge is -2.17. The first-order chi connectivity index (χ1) is 9.13. The maximum absolute atomic E-state index is 12.0. The average Bonchev–Trinajstić information content (AvgIpc) is 2.77. The van der Waals surface area contributed by atoms with Crippen LogP contribution in [-0.2, 0) is 16.6 Å². The number of methoxy groups -OCH3 is 1. The van der Waals surface area contributed by atoms with Crippen molar-refractivity contribution in [2.75, 3.05) is 12.4 Å². The van der Waals surface area contributed by atoms with Gasteiger partial charge in [-0.15, -0.1) is 0 Å². The number of carbonyl (C=O) groups is 1. The molecule has 0 aliphatic carbocycles. The van der Waals surface area contributed by atoms with Crippen molar-refractivity contribution in [2.24, 2.45) is 7.05 Å². The van der Waals surface area contributed by atoms with Gasteiger partial charge in [0.15, 0.2) is 6.04 Å². The Morgan fingerprint density at radius 3 is 2.58 bits per heavy atom. The maximum Gasteiger partial charge on any atom is 0.333 e. The summed E-state index contributed by atoms with van der Waals surface area (Å²) in [5.74, 6) is -0.333. The minimum Gasteiger partial charge on any atom is -0.467 e. The molecule has 0 saturated heterocycles. The summed E-state index contributed by atoms with van der Waals surface area (Å²) >= 11 is 0. The van der Waals surface area contributed by atoms with Gasteiger partial charge in [0.1, 0.15) is 0 Å². The number of nitrogens with one attached hydrogen (secondary N) is 1. The molecule has 100 valence electrons. The van der Waals surface area contributed by atoms with E-state index in [2.05, 4.69) is 10.4 Å². The van der Waals surface area contributed by atoms with Crippen LogP contribution in [0.1, 0.15) is 17.3 Å². The molecule has 1 N–H and O–H groups in total. The molecule has 1 aromatic carbocycles. The summed E-state index contributed by atoms with van der Waals surface area (Å²) in [6, 6.07) is 9.00. The van der Waals surface area contributed by atoms with Crippen molar-refractivity contribution in [3.05, 3.63) is 47.8 Å². The summed E-state index contributed by atoms with van der Waals surface area (Å²) in [5.41, 5.74) is 2.61. The Morgan fingerprint density at radius 2 is 2.05 bits per heavy atom. The number of esters is 1. The third-order valence-electron chi connectivity index (χ3n) is 3.11. The Hall–Kier alpha value is -2.30. The normalized spacial score (nSPS) is 11.9. The second-order valence-corrected chi connectivity index (χ2v) is 4.28. The minimum atomic E-state index is -0.555. The van der Waals surface area contributed by atoms with Gasteiger partial charge in [-0.25, -0.2) is 4.79 Å². The fourth-order valence-electron chi connectivity index (χ4n) is 1.88. The SMILES string of the molecule is COC(=O)C(Nc1ccccc1)c1cnn(C)c1C. The minimum absolute atomic E-state index is 0.333. The molecule has 1 atom stereocenters. The molecule has 0 fully saturated rings. The number of ether oxygens (including phenoxy) is 1. The molecule has 1 aromatic heterocycles. The summed E-state index contributed by atoms with van der Waals surface area (Å²) in [5, 5.41) is 7.34. The summed E-state index contributed by atoms with van der Waals surface area (Å²) < 4.78 is 6.60. The van der Waals surface area contributed by atoms with E-state index in [0.717, 1.165) is 16.9 Å². The van der Waals surface area contributed by atoms with Gasteiger partial charge in [-0.1, -0.05) is 18.2 Å².